The van der Waals surface area contributed by atoms with Crippen LogP contribution in [0.15, 0.2) is 5.18 Å². The average molecular weight is 580 g/mol. The van der Waals surface area contributed by atoms with Gasteiger partial charge in [0, 0.05) is 40.4 Å². The van der Waals surface area contributed by atoms with Crippen LogP contribution in [0.3, 0.4) is 0 Å². The Balaban J connectivity index is 1.65. The fourth-order valence-corrected chi connectivity index (χ4v) is 7.67. The number of likely N-dealkylation sites (N-methyl/N-ethyl adjacent to an activating group) is 1. The molecule has 1 aliphatic carbocycles. The van der Waals surface area contributed by atoms with Crippen molar-refractivity contribution in [2.24, 2.45) is 22.9 Å². The second kappa shape index (κ2) is 15.4. The number of methoxy groups -OCH3 is 2. The summed E-state index contributed by atoms with van der Waals surface area (Å²) in [6.07, 6.45) is 5.29. The summed E-state index contributed by atoms with van der Waals surface area (Å²) in [7, 11) is 5.04. The molecule has 41 heavy (non-hydrogen) atoms. The zero-order valence-corrected chi connectivity index (χ0v) is 26.2. The molecule has 2 bridgehead atoms. The van der Waals surface area contributed by atoms with E-state index in [1.165, 1.54) is 0 Å². The highest BCUT2D eigenvalue weighted by Gasteiger charge is 2.49. The zero-order valence-electron chi connectivity index (χ0n) is 26.2. The van der Waals surface area contributed by atoms with Crippen LogP contribution in [0.5, 0.6) is 0 Å². The molecule has 11 heteroatoms. The first kappa shape index (κ1) is 33.4. The number of nitrogens with one attached hydrogen (secondary N) is 1. The van der Waals surface area contributed by atoms with Gasteiger partial charge in [0.05, 0.1) is 49.8 Å². The van der Waals surface area contributed by atoms with E-state index in [2.05, 4.69) is 43.1 Å². The Morgan fingerprint density at radius 2 is 1.83 bits per heavy atom. The third kappa shape index (κ3) is 7.65. The topological polar surface area (TPSA) is 121 Å². The quantitative estimate of drug-likeness (QED) is 0.279. The van der Waals surface area contributed by atoms with Crippen molar-refractivity contribution in [3.63, 3.8) is 0 Å². The van der Waals surface area contributed by atoms with Gasteiger partial charge in [-0.1, -0.05) is 39.3 Å². The van der Waals surface area contributed by atoms with E-state index in [-0.39, 0.29) is 79.2 Å². The van der Waals surface area contributed by atoms with Gasteiger partial charge in [0.2, 0.25) is 17.7 Å². The maximum Gasteiger partial charge on any atom is 0.242 e. The van der Waals surface area contributed by atoms with E-state index in [9.17, 15) is 19.3 Å². The lowest BCUT2D eigenvalue weighted by atomic mass is 9.90. The van der Waals surface area contributed by atoms with Gasteiger partial charge in [-0.15, -0.1) is 0 Å². The molecule has 3 aliphatic rings. The monoisotopic (exact) mass is 579 g/mol. The first-order valence-electron chi connectivity index (χ1n) is 15.5. The van der Waals surface area contributed by atoms with Crippen LogP contribution in [0.25, 0.3) is 0 Å². The van der Waals surface area contributed by atoms with Crippen molar-refractivity contribution in [3.8, 4) is 0 Å². The molecule has 1 saturated carbocycles. The van der Waals surface area contributed by atoms with Crippen molar-refractivity contribution < 1.29 is 23.9 Å². The molecule has 8 unspecified atom stereocenters. The van der Waals surface area contributed by atoms with Crippen LogP contribution in [0.2, 0.25) is 0 Å². The van der Waals surface area contributed by atoms with E-state index in [4.69, 9.17) is 9.47 Å². The molecule has 3 fully saturated rings. The minimum Gasteiger partial charge on any atom is -0.379 e. The molecule has 234 valence electrons. The van der Waals surface area contributed by atoms with Crippen molar-refractivity contribution in [1.82, 2.24) is 20.0 Å². The standard InChI is InChI=1S/C30H53N5O6/c1-8-20(4)27(24(40-6)17-25(36)35-14-9-10-23(35)29(41-7)19(2)3)33(5)26(37)18-31-30(38)28-21-11-12-22(16-21)34(28)15-13-32-39/h19-24,27-29H,8-18H2,1-7H3,(H,31,38). The highest BCUT2D eigenvalue weighted by Crippen LogP contribution is 2.42. The van der Waals surface area contributed by atoms with Crippen LogP contribution < -0.4 is 5.32 Å². The molecule has 8 atom stereocenters. The molecule has 11 nitrogen and oxygen atoms in total. The third-order valence-corrected chi connectivity index (χ3v) is 9.91. The first-order valence-corrected chi connectivity index (χ1v) is 15.5. The van der Waals surface area contributed by atoms with Crippen molar-refractivity contribution in [2.75, 3.05) is 47.4 Å². The number of hydrogen-bond acceptors (Lipinski definition) is 8. The molecule has 2 heterocycles. The van der Waals surface area contributed by atoms with Gasteiger partial charge >= 0.3 is 0 Å². The summed E-state index contributed by atoms with van der Waals surface area (Å²) in [5.74, 6) is 0.245. The van der Waals surface area contributed by atoms with Crippen LogP contribution in [0.1, 0.15) is 72.6 Å². The molecule has 3 rings (SSSR count). The van der Waals surface area contributed by atoms with E-state index >= 15 is 0 Å². The first-order chi connectivity index (χ1) is 19.6. The molecule has 0 aromatic carbocycles. The maximum absolute atomic E-state index is 13.6. The van der Waals surface area contributed by atoms with Gasteiger partial charge in [0.15, 0.2) is 0 Å². The van der Waals surface area contributed by atoms with E-state index in [0.29, 0.717) is 19.1 Å². The van der Waals surface area contributed by atoms with Gasteiger partial charge in [0.1, 0.15) is 0 Å². The largest absolute Gasteiger partial charge is 0.379 e. The van der Waals surface area contributed by atoms with E-state index in [1.807, 2.05) is 4.90 Å². The van der Waals surface area contributed by atoms with Crippen molar-refractivity contribution >= 4 is 17.7 Å². The predicted molar refractivity (Wildman–Crippen MR) is 157 cm³/mol. The van der Waals surface area contributed by atoms with E-state index in [0.717, 1.165) is 38.5 Å². The Kier molecular flexibility index (Phi) is 12.5. The fourth-order valence-electron chi connectivity index (χ4n) is 7.67. The predicted octanol–water partition coefficient (Wildman–Crippen LogP) is 2.66. The molecule has 1 N–H and O–H groups in total. The van der Waals surface area contributed by atoms with E-state index in [1.54, 1.807) is 26.2 Å². The molecule has 0 radical (unpaired) electrons. The number of carbonyl (C=O) groups excluding carboxylic acids is 3. The zero-order chi connectivity index (χ0) is 30.3. The van der Waals surface area contributed by atoms with Gasteiger partial charge < -0.3 is 24.6 Å². The maximum atomic E-state index is 13.6. The Hall–Kier alpha value is -2.11. The summed E-state index contributed by atoms with van der Waals surface area (Å²) >= 11 is 0. The second-order valence-electron chi connectivity index (χ2n) is 12.6. The summed E-state index contributed by atoms with van der Waals surface area (Å²) in [6.45, 7) is 9.55. The van der Waals surface area contributed by atoms with Crippen LogP contribution in [-0.2, 0) is 23.9 Å². The Labute approximate surface area is 246 Å². The molecule has 2 aliphatic heterocycles. The highest BCUT2D eigenvalue weighted by atomic mass is 16.5. The van der Waals surface area contributed by atoms with Gasteiger partial charge in [0.25, 0.3) is 0 Å². The Morgan fingerprint density at radius 1 is 1.10 bits per heavy atom. The highest BCUT2D eigenvalue weighted by molar-refractivity contribution is 5.88. The van der Waals surface area contributed by atoms with Crippen molar-refractivity contribution in [1.29, 1.82) is 0 Å². The average Bonchev–Trinajstić information content (AvgIpc) is 3.71. The number of rotatable bonds is 16. The van der Waals surface area contributed by atoms with Gasteiger partial charge in [-0.2, -0.15) is 4.91 Å². The second-order valence-corrected chi connectivity index (χ2v) is 12.6. The van der Waals surface area contributed by atoms with Crippen LogP contribution in [-0.4, -0.2) is 116 Å². The van der Waals surface area contributed by atoms with Crippen LogP contribution >= 0.6 is 0 Å². The Morgan fingerprint density at radius 3 is 2.44 bits per heavy atom. The number of ether oxygens (including phenoxy) is 2. The number of nitroso groups, excluding NO2 is 1. The summed E-state index contributed by atoms with van der Waals surface area (Å²) in [4.78, 5) is 56.7. The van der Waals surface area contributed by atoms with Crippen molar-refractivity contribution in [3.05, 3.63) is 4.91 Å². The van der Waals surface area contributed by atoms with Gasteiger partial charge in [-0.25, -0.2) is 0 Å². The number of piperidine rings is 1. The number of likely N-dealkylation sites (tertiary alicyclic amines) is 2. The van der Waals surface area contributed by atoms with E-state index < -0.39 is 6.10 Å². The molecule has 2 saturated heterocycles. The molecule has 0 spiro atoms. The fraction of sp³-hybridized carbons (Fsp3) is 0.900. The number of nitrogens with zero attached hydrogens (tertiary/aromatic N) is 4. The number of fused-ring (bicyclic) bond motifs is 2. The number of amides is 3. The summed E-state index contributed by atoms with van der Waals surface area (Å²) < 4.78 is 11.7. The van der Waals surface area contributed by atoms with Gasteiger partial charge in [-0.3, -0.25) is 19.3 Å². The minimum absolute atomic E-state index is 0.0192. The van der Waals surface area contributed by atoms with Crippen LogP contribution in [0, 0.1) is 22.7 Å². The number of hydrogen-bond donors (Lipinski definition) is 1. The summed E-state index contributed by atoms with van der Waals surface area (Å²) in [5.41, 5.74) is 0. The summed E-state index contributed by atoms with van der Waals surface area (Å²) in [5, 5.41) is 5.86. The number of carbonyl (C=O) groups is 3. The molecule has 0 aromatic heterocycles. The minimum atomic E-state index is -0.486. The van der Waals surface area contributed by atoms with Crippen molar-refractivity contribution in [2.45, 2.75) is 109 Å². The molecule has 0 aromatic rings. The smallest absolute Gasteiger partial charge is 0.242 e. The lowest BCUT2D eigenvalue weighted by Crippen LogP contribution is -2.55. The van der Waals surface area contributed by atoms with Crippen LogP contribution in [0.4, 0.5) is 0 Å². The SMILES string of the molecule is CCC(C)C(C(CC(=O)N1CCCC1C(OC)C(C)C)OC)N(C)C(=O)CNC(=O)C1C2CCC(C2)N1CCN=O. The van der Waals surface area contributed by atoms with Gasteiger partial charge in [-0.05, 0) is 49.9 Å². The summed E-state index contributed by atoms with van der Waals surface area (Å²) in [6, 6.07) is -0.311. The lowest BCUT2D eigenvalue weighted by molar-refractivity contribution is -0.144. The third-order valence-electron chi connectivity index (χ3n) is 9.91. The molecule has 3 amide bonds. The molecular weight excluding hydrogens is 526 g/mol. The normalized spacial score (nSPS) is 27.1. The Bertz CT molecular complexity index is 903. The lowest BCUT2D eigenvalue weighted by Gasteiger charge is -2.39. The molecular formula is C30H53N5O6.